The van der Waals surface area contributed by atoms with E-state index < -0.39 is 17.8 Å². The minimum Gasteiger partial charge on any atom is -0.358 e. The summed E-state index contributed by atoms with van der Waals surface area (Å²) in [5.41, 5.74) is 0.605. The van der Waals surface area contributed by atoms with Crippen LogP contribution in [0.4, 0.5) is 18.9 Å². The Morgan fingerprint density at radius 2 is 2.10 bits per heavy atom. The fraction of sp³-hybridized carbons (Fsp3) is 0.600. The molecule has 1 aliphatic rings. The molecule has 0 bridgehead atoms. The second-order valence-electron chi connectivity index (χ2n) is 5.49. The van der Waals surface area contributed by atoms with Crippen LogP contribution in [0.1, 0.15) is 26.7 Å². The number of alkyl halides is 1. The Bertz CT molecular complexity index is 453. The Hall–Kier alpha value is -1.23. The van der Waals surface area contributed by atoms with Crippen LogP contribution in [0.15, 0.2) is 18.2 Å². The molecule has 2 unspecified atom stereocenters. The minimum atomic E-state index is -0.858. The van der Waals surface area contributed by atoms with Crippen molar-refractivity contribution in [2.24, 2.45) is 5.92 Å². The van der Waals surface area contributed by atoms with Gasteiger partial charge in [0, 0.05) is 18.3 Å². The maximum absolute atomic E-state index is 13.2. The lowest BCUT2D eigenvalue weighted by Crippen LogP contribution is -2.44. The summed E-state index contributed by atoms with van der Waals surface area (Å²) in [6.45, 7) is 4.58. The van der Waals surface area contributed by atoms with Crippen LogP contribution < -0.4 is 4.90 Å². The van der Waals surface area contributed by atoms with Crippen LogP contribution in [0.25, 0.3) is 0 Å². The molecule has 1 fully saturated rings. The smallest absolute Gasteiger partial charge is 0.160 e. The molecule has 112 valence electrons. The molecule has 0 radical (unpaired) electrons. The van der Waals surface area contributed by atoms with Crippen LogP contribution in [0.2, 0.25) is 0 Å². The summed E-state index contributed by atoms with van der Waals surface area (Å²) in [5, 5.41) is 0. The van der Waals surface area contributed by atoms with E-state index in [9.17, 15) is 13.2 Å². The first-order chi connectivity index (χ1) is 9.47. The molecule has 1 aliphatic heterocycles. The highest BCUT2D eigenvalue weighted by Gasteiger charge is 2.27. The number of halogens is 3. The SMILES string of the molecule is CC1CN(c2ccc(F)c(F)c2)COC1CC[C@@H](C)F. The van der Waals surface area contributed by atoms with E-state index in [0.717, 1.165) is 6.07 Å². The summed E-state index contributed by atoms with van der Waals surface area (Å²) in [5.74, 6) is -1.49. The highest BCUT2D eigenvalue weighted by atomic mass is 19.2. The molecule has 1 saturated heterocycles. The molecule has 0 amide bonds. The summed E-state index contributed by atoms with van der Waals surface area (Å²) in [4.78, 5) is 1.86. The van der Waals surface area contributed by atoms with Crippen molar-refractivity contribution in [2.45, 2.75) is 39.0 Å². The summed E-state index contributed by atoms with van der Waals surface area (Å²) < 4.78 is 44.7. The molecule has 1 heterocycles. The maximum Gasteiger partial charge on any atom is 0.160 e. The standard InChI is InChI=1S/C15H20F3NO/c1-10-8-19(9-20-15(10)6-3-11(2)16)12-4-5-13(17)14(18)7-12/h4-5,7,10-11,15H,3,6,8-9H2,1-2H3/t10?,11-,15?/m1/s1. The third kappa shape index (κ3) is 3.66. The molecule has 2 nitrogen and oxygen atoms in total. The Morgan fingerprint density at radius 1 is 1.35 bits per heavy atom. The highest BCUT2D eigenvalue weighted by Crippen LogP contribution is 2.26. The van der Waals surface area contributed by atoms with Gasteiger partial charge in [0.2, 0.25) is 0 Å². The van der Waals surface area contributed by atoms with Crippen LogP contribution in [0.3, 0.4) is 0 Å². The zero-order valence-corrected chi connectivity index (χ0v) is 11.8. The van der Waals surface area contributed by atoms with E-state index in [0.29, 0.717) is 31.8 Å². The van der Waals surface area contributed by atoms with E-state index in [1.807, 2.05) is 11.8 Å². The van der Waals surface area contributed by atoms with Crippen molar-refractivity contribution in [1.82, 2.24) is 0 Å². The second-order valence-corrected chi connectivity index (χ2v) is 5.49. The van der Waals surface area contributed by atoms with Crippen LogP contribution in [0, 0.1) is 17.6 Å². The largest absolute Gasteiger partial charge is 0.358 e. The Labute approximate surface area is 117 Å². The predicted octanol–water partition coefficient (Wildman–Crippen LogP) is 3.90. The van der Waals surface area contributed by atoms with Crippen molar-refractivity contribution in [3.63, 3.8) is 0 Å². The lowest BCUT2D eigenvalue weighted by molar-refractivity contribution is -0.0175. The lowest BCUT2D eigenvalue weighted by Gasteiger charge is -2.38. The zero-order chi connectivity index (χ0) is 14.7. The van der Waals surface area contributed by atoms with Gasteiger partial charge in [-0.25, -0.2) is 13.2 Å². The van der Waals surface area contributed by atoms with Gasteiger partial charge in [-0.05, 0) is 37.8 Å². The topological polar surface area (TPSA) is 12.5 Å². The zero-order valence-electron chi connectivity index (χ0n) is 11.8. The van der Waals surface area contributed by atoms with E-state index in [4.69, 9.17) is 4.74 Å². The van der Waals surface area contributed by atoms with Gasteiger partial charge in [0.25, 0.3) is 0 Å². The quantitative estimate of drug-likeness (QED) is 0.832. The Morgan fingerprint density at radius 3 is 2.70 bits per heavy atom. The van der Waals surface area contributed by atoms with Gasteiger partial charge in [-0.1, -0.05) is 6.92 Å². The van der Waals surface area contributed by atoms with Crippen molar-refractivity contribution in [2.75, 3.05) is 18.2 Å². The van der Waals surface area contributed by atoms with Gasteiger partial charge in [0.1, 0.15) is 6.73 Å². The average Bonchev–Trinajstić information content (AvgIpc) is 2.40. The van der Waals surface area contributed by atoms with Gasteiger partial charge in [-0.2, -0.15) is 0 Å². The number of anilines is 1. The molecule has 20 heavy (non-hydrogen) atoms. The molecule has 5 heteroatoms. The van der Waals surface area contributed by atoms with Gasteiger partial charge < -0.3 is 9.64 Å². The molecule has 0 aromatic heterocycles. The average molecular weight is 287 g/mol. The van der Waals surface area contributed by atoms with E-state index in [-0.39, 0.29) is 12.0 Å². The fourth-order valence-corrected chi connectivity index (χ4v) is 2.49. The Kier molecular flexibility index (Phi) is 4.91. The normalized spacial score (nSPS) is 24.8. The molecule has 0 N–H and O–H groups in total. The van der Waals surface area contributed by atoms with Crippen LogP contribution in [-0.2, 0) is 4.74 Å². The number of hydrogen-bond donors (Lipinski definition) is 0. The van der Waals surface area contributed by atoms with Crippen molar-refractivity contribution in [1.29, 1.82) is 0 Å². The number of benzene rings is 1. The molecular weight excluding hydrogens is 267 g/mol. The predicted molar refractivity (Wildman–Crippen MR) is 72.4 cm³/mol. The first kappa shape index (κ1) is 15.2. The highest BCUT2D eigenvalue weighted by molar-refractivity contribution is 5.46. The molecule has 0 spiro atoms. The van der Waals surface area contributed by atoms with E-state index in [1.54, 1.807) is 13.0 Å². The molecular formula is C15H20F3NO. The fourth-order valence-electron chi connectivity index (χ4n) is 2.49. The number of nitrogens with zero attached hydrogens (tertiary/aromatic N) is 1. The third-order valence-electron chi connectivity index (χ3n) is 3.70. The van der Waals surface area contributed by atoms with Crippen LogP contribution >= 0.6 is 0 Å². The van der Waals surface area contributed by atoms with Gasteiger partial charge in [-0.3, -0.25) is 0 Å². The van der Waals surface area contributed by atoms with Crippen molar-refractivity contribution < 1.29 is 17.9 Å². The maximum atomic E-state index is 13.2. The van der Waals surface area contributed by atoms with Crippen molar-refractivity contribution in [3.8, 4) is 0 Å². The molecule has 1 aromatic carbocycles. The van der Waals surface area contributed by atoms with Gasteiger partial charge >= 0.3 is 0 Å². The summed E-state index contributed by atoms with van der Waals surface area (Å²) in [7, 11) is 0. The number of hydrogen-bond acceptors (Lipinski definition) is 2. The Balaban J connectivity index is 1.96. The first-order valence-corrected chi connectivity index (χ1v) is 6.93. The third-order valence-corrected chi connectivity index (χ3v) is 3.70. The molecule has 3 atom stereocenters. The first-order valence-electron chi connectivity index (χ1n) is 6.93. The van der Waals surface area contributed by atoms with Crippen LogP contribution in [0.5, 0.6) is 0 Å². The number of rotatable bonds is 4. The number of ether oxygens (including phenoxy) is 1. The lowest BCUT2D eigenvalue weighted by atomic mass is 9.97. The van der Waals surface area contributed by atoms with Crippen molar-refractivity contribution >= 4 is 5.69 Å². The van der Waals surface area contributed by atoms with Crippen molar-refractivity contribution in [3.05, 3.63) is 29.8 Å². The molecule has 0 aliphatic carbocycles. The van der Waals surface area contributed by atoms with E-state index in [2.05, 4.69) is 0 Å². The van der Waals surface area contributed by atoms with Gasteiger partial charge in [0.15, 0.2) is 11.6 Å². The van der Waals surface area contributed by atoms with Gasteiger partial charge in [0.05, 0.1) is 12.3 Å². The summed E-state index contributed by atoms with van der Waals surface area (Å²) >= 11 is 0. The molecule has 2 rings (SSSR count). The summed E-state index contributed by atoms with van der Waals surface area (Å²) in [6, 6.07) is 3.83. The second kappa shape index (κ2) is 6.48. The van der Waals surface area contributed by atoms with E-state index in [1.165, 1.54) is 6.07 Å². The summed E-state index contributed by atoms with van der Waals surface area (Å²) in [6.07, 6.45) is 0.370. The molecule has 1 aromatic rings. The monoisotopic (exact) mass is 287 g/mol. The van der Waals surface area contributed by atoms with Gasteiger partial charge in [-0.15, -0.1) is 0 Å². The minimum absolute atomic E-state index is 0.0229. The molecule has 0 saturated carbocycles. The van der Waals surface area contributed by atoms with E-state index >= 15 is 0 Å². The van der Waals surface area contributed by atoms with Crippen LogP contribution in [-0.4, -0.2) is 25.6 Å².